The number of nitrogens with zero attached hydrogens (tertiary/aromatic N) is 4. The van der Waals surface area contributed by atoms with Gasteiger partial charge in [0.05, 0.1) is 10.6 Å². The van der Waals surface area contributed by atoms with E-state index >= 15 is 0 Å². The van der Waals surface area contributed by atoms with E-state index in [1.54, 1.807) is 11.5 Å². The molecule has 12 heteroatoms. The molecule has 2 aromatic heterocycles. The molecule has 0 atom stereocenters. The molecule has 0 saturated carbocycles. The van der Waals surface area contributed by atoms with Crippen molar-refractivity contribution in [1.29, 1.82) is 0 Å². The number of hydrogen-bond donors (Lipinski definition) is 0. The van der Waals surface area contributed by atoms with Crippen molar-refractivity contribution in [2.75, 3.05) is 19.6 Å². The number of aryl methyl sites for hydroxylation is 3. The Morgan fingerprint density at radius 1 is 0.960 bits per heavy atom. The van der Waals surface area contributed by atoms with Gasteiger partial charge in [0.25, 0.3) is 0 Å². The number of aromatic nitrogens is 2. The SMILES string of the molecule is CCN1CCC(N(Cc2ccc(-c3ccc(C(F)(F)F)cc3)cc2)C(=O)Cn2c(CCc3cccc(F)c3F)cc(=O)c3sc(C)nc32)CC1. The second kappa shape index (κ2) is 14.8. The van der Waals surface area contributed by atoms with Crippen molar-refractivity contribution in [1.82, 2.24) is 19.4 Å². The molecule has 1 fully saturated rings. The minimum Gasteiger partial charge on any atom is -0.334 e. The number of likely N-dealkylation sites (tertiary alicyclic amines) is 1. The number of benzene rings is 3. The fraction of sp³-hybridized carbons (Fsp3) is 0.342. The molecule has 0 N–H and O–H groups in total. The molecule has 1 aliphatic rings. The maximum Gasteiger partial charge on any atom is 0.416 e. The van der Waals surface area contributed by atoms with E-state index in [1.807, 2.05) is 29.2 Å². The van der Waals surface area contributed by atoms with Crippen molar-refractivity contribution in [3.8, 4) is 11.1 Å². The zero-order chi connectivity index (χ0) is 35.6. The third-order valence-corrected chi connectivity index (χ3v) is 10.4. The number of halogens is 5. The van der Waals surface area contributed by atoms with E-state index < -0.39 is 23.4 Å². The van der Waals surface area contributed by atoms with E-state index in [4.69, 9.17) is 0 Å². The highest BCUT2D eigenvalue weighted by atomic mass is 32.1. The maximum atomic E-state index is 14.5. The number of piperidine rings is 1. The van der Waals surface area contributed by atoms with Crippen LogP contribution in [0.1, 0.15) is 47.2 Å². The molecular weight excluding hydrogens is 672 g/mol. The van der Waals surface area contributed by atoms with Crippen molar-refractivity contribution in [2.45, 2.75) is 64.8 Å². The molecular formula is C38H37F5N4O2S. The minimum absolute atomic E-state index is 0.0447. The molecule has 0 spiro atoms. The smallest absolute Gasteiger partial charge is 0.334 e. The normalized spacial score (nSPS) is 14.4. The first-order valence-corrected chi connectivity index (χ1v) is 17.4. The highest BCUT2D eigenvalue weighted by Gasteiger charge is 2.31. The van der Waals surface area contributed by atoms with Gasteiger partial charge in [0, 0.05) is 37.4 Å². The topological polar surface area (TPSA) is 58.4 Å². The van der Waals surface area contributed by atoms with Crippen molar-refractivity contribution in [3.05, 3.63) is 122 Å². The summed E-state index contributed by atoms with van der Waals surface area (Å²) < 4.78 is 69.9. The summed E-state index contributed by atoms with van der Waals surface area (Å²) in [6.07, 6.45) is -2.54. The van der Waals surface area contributed by atoms with Crippen LogP contribution in [-0.2, 0) is 36.9 Å². The molecule has 1 saturated heterocycles. The number of carbonyl (C=O) groups excluding carboxylic acids is 1. The molecule has 0 radical (unpaired) electrons. The predicted octanol–water partition coefficient (Wildman–Crippen LogP) is 8.03. The zero-order valence-electron chi connectivity index (χ0n) is 27.8. The first kappa shape index (κ1) is 35.4. The Hall–Kier alpha value is -4.42. The van der Waals surface area contributed by atoms with E-state index in [9.17, 15) is 31.5 Å². The molecule has 3 heterocycles. The number of rotatable bonds is 10. The van der Waals surface area contributed by atoms with Gasteiger partial charge < -0.3 is 14.4 Å². The summed E-state index contributed by atoms with van der Waals surface area (Å²) in [6.45, 7) is 6.71. The van der Waals surface area contributed by atoms with Gasteiger partial charge in [-0.25, -0.2) is 13.8 Å². The number of fused-ring (bicyclic) bond motifs is 1. The van der Waals surface area contributed by atoms with Gasteiger partial charge in [0.1, 0.15) is 11.2 Å². The van der Waals surface area contributed by atoms with Crippen molar-refractivity contribution < 1.29 is 26.7 Å². The molecule has 1 amide bonds. The highest BCUT2D eigenvalue weighted by Crippen LogP contribution is 2.31. The van der Waals surface area contributed by atoms with Crippen LogP contribution >= 0.6 is 11.3 Å². The van der Waals surface area contributed by atoms with Crippen LogP contribution in [0.3, 0.4) is 0 Å². The van der Waals surface area contributed by atoms with Crippen LogP contribution in [0.4, 0.5) is 22.0 Å². The maximum absolute atomic E-state index is 14.5. The lowest BCUT2D eigenvalue weighted by Gasteiger charge is -2.38. The van der Waals surface area contributed by atoms with Crippen LogP contribution in [0.2, 0.25) is 0 Å². The minimum atomic E-state index is -4.41. The summed E-state index contributed by atoms with van der Waals surface area (Å²) in [6, 6.07) is 17.9. The first-order valence-electron chi connectivity index (χ1n) is 16.6. The average Bonchev–Trinajstić information content (AvgIpc) is 3.51. The largest absolute Gasteiger partial charge is 0.416 e. The number of hydrogen-bond acceptors (Lipinski definition) is 5. The molecule has 0 aliphatic carbocycles. The molecule has 1 aliphatic heterocycles. The number of thiazole rings is 1. The Bertz CT molecular complexity index is 2030. The van der Waals surface area contributed by atoms with Crippen LogP contribution < -0.4 is 5.43 Å². The highest BCUT2D eigenvalue weighted by molar-refractivity contribution is 7.18. The molecule has 5 aromatic rings. The second-order valence-corrected chi connectivity index (χ2v) is 13.8. The first-order chi connectivity index (χ1) is 23.9. The van der Waals surface area contributed by atoms with E-state index in [-0.39, 0.29) is 42.3 Å². The second-order valence-electron chi connectivity index (χ2n) is 12.6. The molecule has 50 heavy (non-hydrogen) atoms. The van der Waals surface area contributed by atoms with Gasteiger partial charge >= 0.3 is 6.18 Å². The Kier molecular flexibility index (Phi) is 10.5. The Morgan fingerprint density at radius 2 is 1.62 bits per heavy atom. The molecule has 3 aromatic carbocycles. The number of carbonyl (C=O) groups is 1. The van der Waals surface area contributed by atoms with Gasteiger partial charge in [0.15, 0.2) is 17.3 Å². The third-order valence-electron chi connectivity index (χ3n) is 9.43. The molecule has 0 unspecified atom stereocenters. The van der Waals surface area contributed by atoms with Gasteiger partial charge in [-0.15, -0.1) is 11.3 Å². The zero-order valence-corrected chi connectivity index (χ0v) is 28.6. The van der Waals surface area contributed by atoms with Crippen LogP contribution in [0.15, 0.2) is 77.6 Å². The van der Waals surface area contributed by atoms with E-state index in [0.717, 1.165) is 61.8 Å². The number of amides is 1. The van der Waals surface area contributed by atoms with Crippen LogP contribution in [0, 0.1) is 18.6 Å². The van der Waals surface area contributed by atoms with Crippen molar-refractivity contribution in [3.63, 3.8) is 0 Å². The van der Waals surface area contributed by atoms with E-state index in [0.29, 0.717) is 33.2 Å². The third kappa shape index (κ3) is 7.81. The Morgan fingerprint density at radius 3 is 2.26 bits per heavy atom. The van der Waals surface area contributed by atoms with Crippen LogP contribution in [0.5, 0.6) is 0 Å². The van der Waals surface area contributed by atoms with E-state index in [2.05, 4.69) is 16.8 Å². The summed E-state index contributed by atoms with van der Waals surface area (Å²) in [7, 11) is 0. The summed E-state index contributed by atoms with van der Waals surface area (Å²) in [5.41, 5.74) is 2.40. The fourth-order valence-corrected chi connectivity index (χ4v) is 7.46. The summed E-state index contributed by atoms with van der Waals surface area (Å²) in [5, 5.41) is 0.670. The summed E-state index contributed by atoms with van der Waals surface area (Å²) in [5.74, 6) is -2.05. The van der Waals surface area contributed by atoms with Crippen molar-refractivity contribution >= 4 is 27.6 Å². The van der Waals surface area contributed by atoms with Gasteiger partial charge in [-0.05, 0) is 79.6 Å². The van der Waals surface area contributed by atoms with Crippen LogP contribution in [0.25, 0.3) is 21.5 Å². The lowest BCUT2D eigenvalue weighted by atomic mass is 10.00. The quantitative estimate of drug-likeness (QED) is 0.138. The lowest BCUT2D eigenvalue weighted by molar-refractivity contribution is -0.137. The fourth-order valence-electron chi connectivity index (χ4n) is 6.62. The molecule has 6 rings (SSSR count). The van der Waals surface area contributed by atoms with Crippen LogP contribution in [-0.4, -0.2) is 50.9 Å². The van der Waals surface area contributed by atoms with Crippen molar-refractivity contribution in [2.24, 2.45) is 0 Å². The Balaban J connectivity index is 1.29. The lowest BCUT2D eigenvalue weighted by Crippen LogP contribution is -2.48. The predicted molar refractivity (Wildman–Crippen MR) is 185 cm³/mol. The van der Waals surface area contributed by atoms with Gasteiger partial charge in [-0.2, -0.15) is 13.2 Å². The monoisotopic (exact) mass is 708 g/mol. The number of pyridine rings is 1. The summed E-state index contributed by atoms with van der Waals surface area (Å²) >= 11 is 1.25. The molecule has 262 valence electrons. The molecule has 0 bridgehead atoms. The van der Waals surface area contributed by atoms with E-state index in [1.165, 1.54) is 41.7 Å². The average molecular weight is 709 g/mol. The van der Waals surface area contributed by atoms with Gasteiger partial charge in [0.2, 0.25) is 11.3 Å². The molecule has 6 nitrogen and oxygen atoms in total. The van der Waals surface area contributed by atoms with Gasteiger partial charge in [-0.3, -0.25) is 9.59 Å². The van der Waals surface area contributed by atoms with Gasteiger partial charge in [-0.1, -0.05) is 55.5 Å². The number of alkyl halides is 3. The standard InChI is InChI=1S/C38H37F5N4O2S/c1-3-45-19-17-30(18-20-45)46(22-25-7-9-26(10-8-25)27-11-14-29(15-12-27)38(41,42)43)34(49)23-47-31(16-13-28-5-4-6-32(39)35(28)40)21-33(48)36-37(47)44-24(2)50-36/h4-12,14-15,21,30H,3,13,16-20,22-23H2,1-2H3. The summed E-state index contributed by atoms with van der Waals surface area (Å²) in [4.78, 5) is 36.4. The Labute approximate surface area is 290 Å².